The number of nitrogens with two attached hydrogens (primary N) is 2. The number of hydrogen-bond donors (Lipinski definition) is 2. The summed E-state index contributed by atoms with van der Waals surface area (Å²) in [5, 5.41) is 0. The van der Waals surface area contributed by atoms with Crippen molar-refractivity contribution in [2.24, 2.45) is 5.73 Å². The van der Waals surface area contributed by atoms with Gasteiger partial charge in [0.15, 0.2) is 5.82 Å². The van der Waals surface area contributed by atoms with Gasteiger partial charge in [0.2, 0.25) is 0 Å². The van der Waals surface area contributed by atoms with Crippen molar-refractivity contribution < 1.29 is 9.18 Å². The summed E-state index contributed by atoms with van der Waals surface area (Å²) in [6.45, 7) is 3.27. The third-order valence-corrected chi connectivity index (χ3v) is 2.79. The Kier molecular flexibility index (Phi) is 3.16. The maximum atomic E-state index is 13.5. The van der Waals surface area contributed by atoms with Gasteiger partial charge in [-0.25, -0.2) is 14.4 Å². The summed E-state index contributed by atoms with van der Waals surface area (Å²) >= 11 is 0. The van der Waals surface area contributed by atoms with E-state index in [4.69, 9.17) is 11.5 Å². The van der Waals surface area contributed by atoms with Gasteiger partial charge in [-0.3, -0.25) is 4.79 Å². The first-order valence-electron chi connectivity index (χ1n) is 5.60. The monoisotopic (exact) mass is 260 g/mol. The minimum atomic E-state index is -0.684. The van der Waals surface area contributed by atoms with E-state index in [0.29, 0.717) is 16.8 Å². The summed E-state index contributed by atoms with van der Waals surface area (Å²) in [5.41, 5.74) is 12.4. The van der Waals surface area contributed by atoms with Crippen molar-refractivity contribution >= 4 is 11.7 Å². The molecule has 0 unspecified atom stereocenters. The predicted molar refractivity (Wildman–Crippen MR) is 69.8 cm³/mol. The number of halogens is 1. The van der Waals surface area contributed by atoms with E-state index in [2.05, 4.69) is 9.97 Å². The zero-order valence-corrected chi connectivity index (χ0v) is 10.6. The van der Waals surface area contributed by atoms with Gasteiger partial charge in [-0.05, 0) is 25.5 Å². The van der Waals surface area contributed by atoms with E-state index < -0.39 is 5.91 Å². The lowest BCUT2D eigenvalue weighted by Gasteiger charge is -2.08. The van der Waals surface area contributed by atoms with E-state index in [1.807, 2.05) is 0 Å². The molecule has 0 aliphatic carbocycles. The number of benzene rings is 1. The van der Waals surface area contributed by atoms with Crippen LogP contribution in [0.15, 0.2) is 18.2 Å². The third kappa shape index (κ3) is 2.37. The average molecular weight is 260 g/mol. The molecule has 2 aromatic rings. The molecule has 4 N–H and O–H groups in total. The highest BCUT2D eigenvalue weighted by Crippen LogP contribution is 2.22. The number of carbonyl (C=O) groups is 1. The van der Waals surface area contributed by atoms with Gasteiger partial charge in [-0.1, -0.05) is 12.1 Å². The van der Waals surface area contributed by atoms with E-state index in [1.54, 1.807) is 26.0 Å². The lowest BCUT2D eigenvalue weighted by atomic mass is 10.1. The van der Waals surface area contributed by atoms with Crippen LogP contribution in [-0.2, 0) is 0 Å². The molecule has 0 atom stereocenters. The molecule has 0 aliphatic rings. The van der Waals surface area contributed by atoms with Gasteiger partial charge in [0.25, 0.3) is 5.91 Å². The molecule has 0 fully saturated rings. The van der Waals surface area contributed by atoms with Crippen molar-refractivity contribution in [1.29, 1.82) is 0 Å². The molecular weight excluding hydrogens is 247 g/mol. The van der Waals surface area contributed by atoms with Crippen LogP contribution in [0.5, 0.6) is 0 Å². The number of nitrogens with zero attached hydrogens (tertiary/aromatic N) is 2. The molecule has 0 radical (unpaired) electrons. The summed E-state index contributed by atoms with van der Waals surface area (Å²) in [6.07, 6.45) is 0. The van der Waals surface area contributed by atoms with Crippen molar-refractivity contribution in [3.63, 3.8) is 0 Å². The maximum absolute atomic E-state index is 13.5. The molecule has 98 valence electrons. The summed E-state index contributed by atoms with van der Waals surface area (Å²) in [7, 11) is 0. The lowest BCUT2D eigenvalue weighted by Crippen LogP contribution is -2.17. The van der Waals surface area contributed by atoms with Crippen molar-refractivity contribution in [1.82, 2.24) is 9.97 Å². The Balaban J connectivity index is 2.58. The fourth-order valence-electron chi connectivity index (χ4n) is 1.76. The van der Waals surface area contributed by atoms with Gasteiger partial charge in [0.05, 0.1) is 5.69 Å². The normalized spacial score (nSPS) is 10.5. The molecule has 1 amide bonds. The first-order chi connectivity index (χ1) is 8.90. The SMILES string of the molecule is Cc1ccc(-c2nc(C)c(C(N)=O)c(N)n2)cc1F. The van der Waals surface area contributed by atoms with Crippen molar-refractivity contribution in [2.75, 3.05) is 5.73 Å². The van der Waals surface area contributed by atoms with Gasteiger partial charge in [0, 0.05) is 5.56 Å². The van der Waals surface area contributed by atoms with Crippen molar-refractivity contribution in [2.45, 2.75) is 13.8 Å². The minimum absolute atomic E-state index is 0.00372. The van der Waals surface area contributed by atoms with Crippen molar-refractivity contribution in [3.8, 4) is 11.4 Å². The highest BCUT2D eigenvalue weighted by atomic mass is 19.1. The highest BCUT2D eigenvalue weighted by Gasteiger charge is 2.15. The van der Waals surface area contributed by atoms with Crippen molar-refractivity contribution in [3.05, 3.63) is 40.8 Å². The Bertz CT molecular complexity index is 647. The number of anilines is 1. The summed E-state index contributed by atoms with van der Waals surface area (Å²) in [4.78, 5) is 19.3. The summed E-state index contributed by atoms with van der Waals surface area (Å²) in [6, 6.07) is 4.64. The molecule has 6 heteroatoms. The average Bonchev–Trinajstić information content (AvgIpc) is 2.31. The first-order valence-corrected chi connectivity index (χ1v) is 5.60. The topological polar surface area (TPSA) is 94.9 Å². The summed E-state index contributed by atoms with van der Waals surface area (Å²) < 4.78 is 13.5. The van der Waals surface area contributed by atoms with Crippen LogP contribution in [0.1, 0.15) is 21.6 Å². The fourth-order valence-corrected chi connectivity index (χ4v) is 1.76. The molecule has 0 bridgehead atoms. The number of aromatic nitrogens is 2. The second kappa shape index (κ2) is 4.64. The van der Waals surface area contributed by atoms with Crippen LogP contribution >= 0.6 is 0 Å². The van der Waals surface area contributed by atoms with E-state index in [-0.39, 0.29) is 23.0 Å². The smallest absolute Gasteiger partial charge is 0.254 e. The van der Waals surface area contributed by atoms with Crippen LogP contribution in [0.2, 0.25) is 0 Å². The van der Waals surface area contributed by atoms with E-state index >= 15 is 0 Å². The molecule has 1 aromatic carbocycles. The Morgan fingerprint density at radius 2 is 1.95 bits per heavy atom. The van der Waals surface area contributed by atoms with Crippen LogP contribution in [0.4, 0.5) is 10.2 Å². The Morgan fingerprint density at radius 3 is 2.47 bits per heavy atom. The lowest BCUT2D eigenvalue weighted by molar-refractivity contribution is 0.1000. The number of primary amides is 1. The zero-order valence-electron chi connectivity index (χ0n) is 10.6. The minimum Gasteiger partial charge on any atom is -0.383 e. The molecule has 0 saturated carbocycles. The standard InChI is InChI=1S/C13H13FN4O/c1-6-3-4-8(5-9(6)14)13-17-7(2)10(12(16)19)11(15)18-13/h3-5H,1-2H3,(H2,16,19)(H2,15,17,18). The number of amides is 1. The Hall–Kier alpha value is -2.50. The number of nitrogen functional groups attached to an aromatic ring is 1. The second-order valence-electron chi connectivity index (χ2n) is 4.22. The molecule has 2 rings (SSSR count). The van der Waals surface area contributed by atoms with E-state index in [9.17, 15) is 9.18 Å². The number of aryl methyl sites for hydroxylation is 2. The molecule has 5 nitrogen and oxygen atoms in total. The van der Waals surface area contributed by atoms with Crippen LogP contribution in [-0.4, -0.2) is 15.9 Å². The molecule has 0 aliphatic heterocycles. The maximum Gasteiger partial charge on any atom is 0.254 e. The number of hydrogen-bond acceptors (Lipinski definition) is 4. The zero-order chi connectivity index (χ0) is 14.2. The predicted octanol–water partition coefficient (Wildman–Crippen LogP) is 1.58. The Morgan fingerprint density at radius 1 is 1.26 bits per heavy atom. The third-order valence-electron chi connectivity index (χ3n) is 2.79. The van der Waals surface area contributed by atoms with Gasteiger partial charge >= 0.3 is 0 Å². The van der Waals surface area contributed by atoms with Crippen LogP contribution < -0.4 is 11.5 Å². The number of rotatable bonds is 2. The highest BCUT2D eigenvalue weighted by molar-refractivity contribution is 5.98. The van der Waals surface area contributed by atoms with Gasteiger partial charge < -0.3 is 11.5 Å². The molecule has 1 aromatic heterocycles. The first kappa shape index (κ1) is 12.9. The fraction of sp³-hybridized carbons (Fsp3) is 0.154. The molecule has 0 saturated heterocycles. The second-order valence-corrected chi connectivity index (χ2v) is 4.22. The quantitative estimate of drug-likeness (QED) is 0.857. The van der Waals surface area contributed by atoms with Crippen LogP contribution in [0.3, 0.4) is 0 Å². The Labute approximate surface area is 109 Å². The molecule has 19 heavy (non-hydrogen) atoms. The number of carbonyl (C=O) groups excluding carboxylic acids is 1. The molecule has 0 spiro atoms. The van der Waals surface area contributed by atoms with Crippen LogP contribution in [0, 0.1) is 19.7 Å². The molecular formula is C13H13FN4O. The largest absolute Gasteiger partial charge is 0.383 e. The van der Waals surface area contributed by atoms with Gasteiger partial charge in [-0.2, -0.15) is 0 Å². The molecule has 1 heterocycles. The van der Waals surface area contributed by atoms with E-state index in [1.165, 1.54) is 6.07 Å². The van der Waals surface area contributed by atoms with Gasteiger partial charge in [-0.15, -0.1) is 0 Å². The van der Waals surface area contributed by atoms with E-state index in [0.717, 1.165) is 0 Å². The summed E-state index contributed by atoms with van der Waals surface area (Å²) in [5.74, 6) is -0.775. The van der Waals surface area contributed by atoms with Crippen LogP contribution in [0.25, 0.3) is 11.4 Å². The van der Waals surface area contributed by atoms with Gasteiger partial charge in [0.1, 0.15) is 17.2 Å².